The van der Waals surface area contributed by atoms with E-state index >= 15 is 0 Å². The maximum Gasteiger partial charge on any atom is 0.153 e. The van der Waals surface area contributed by atoms with E-state index in [4.69, 9.17) is 10.5 Å². The van der Waals surface area contributed by atoms with Crippen LogP contribution in [0.4, 0.5) is 10.1 Å². The number of nitrogens with one attached hydrogen (secondary N) is 1. The molecule has 3 aromatic heterocycles. The minimum absolute atomic E-state index is 0.0356. The number of halogens is 1. The number of hydrogen-bond donors (Lipinski definition) is 3. The van der Waals surface area contributed by atoms with Gasteiger partial charge in [0.05, 0.1) is 24.2 Å². The molecule has 9 heteroatoms. The number of imidazole rings is 1. The molecule has 3 heterocycles. The molecule has 4 N–H and O–H groups in total. The van der Waals surface area contributed by atoms with E-state index in [0.717, 1.165) is 28.2 Å². The van der Waals surface area contributed by atoms with E-state index in [-0.39, 0.29) is 17.7 Å². The molecule has 0 amide bonds. The highest BCUT2D eigenvalue weighted by Crippen LogP contribution is 2.38. The number of aliphatic hydroxyl groups excluding tert-OH is 1. The summed E-state index contributed by atoms with van der Waals surface area (Å²) in [6.07, 6.45) is 3.55. The van der Waals surface area contributed by atoms with Crippen LogP contribution in [0.2, 0.25) is 0 Å². The largest absolute Gasteiger partial charge is 0.490 e. The van der Waals surface area contributed by atoms with Gasteiger partial charge in [-0.3, -0.25) is 4.68 Å². The minimum Gasteiger partial charge on any atom is -0.490 e. The van der Waals surface area contributed by atoms with Crippen molar-refractivity contribution in [1.29, 1.82) is 0 Å². The lowest BCUT2D eigenvalue weighted by Crippen LogP contribution is -2.20. The zero-order valence-electron chi connectivity index (χ0n) is 21.8. The summed E-state index contributed by atoms with van der Waals surface area (Å²) in [6.45, 7) is 8.79. The molecule has 4 rings (SSSR count). The maximum atomic E-state index is 14.5. The van der Waals surface area contributed by atoms with Gasteiger partial charge >= 0.3 is 0 Å². The Morgan fingerprint density at radius 3 is 2.67 bits per heavy atom. The molecule has 0 aliphatic rings. The fourth-order valence-corrected chi connectivity index (χ4v) is 4.33. The molecule has 1 unspecified atom stereocenters. The molecule has 0 aliphatic heterocycles. The topological polar surface area (TPSA) is 103 Å². The van der Waals surface area contributed by atoms with Crippen LogP contribution in [0.25, 0.3) is 16.8 Å². The lowest BCUT2D eigenvalue weighted by Gasteiger charge is -2.25. The van der Waals surface area contributed by atoms with Crippen LogP contribution in [0.15, 0.2) is 36.7 Å². The van der Waals surface area contributed by atoms with Crippen LogP contribution in [0.1, 0.15) is 49.5 Å². The van der Waals surface area contributed by atoms with Gasteiger partial charge in [-0.25, -0.2) is 9.37 Å². The summed E-state index contributed by atoms with van der Waals surface area (Å²) in [5, 5.41) is 18.6. The summed E-state index contributed by atoms with van der Waals surface area (Å²) in [6, 6.07) is 6.87. The van der Waals surface area contributed by atoms with Crippen molar-refractivity contribution in [3.8, 4) is 16.9 Å². The number of hydrogen-bond acceptors (Lipinski definition) is 6. The normalized spacial score (nSPS) is 12.9. The molecular formula is C27H35FN6O2. The summed E-state index contributed by atoms with van der Waals surface area (Å²) in [5.74, 6) is -0.237. The molecule has 4 aromatic rings. The number of fused-ring (bicyclic) bond motifs is 1. The Balaban J connectivity index is 1.65. The second-order valence-corrected chi connectivity index (χ2v) is 10.2. The Kier molecular flexibility index (Phi) is 7.06. The number of pyridine rings is 1. The third kappa shape index (κ3) is 4.81. The summed E-state index contributed by atoms with van der Waals surface area (Å²) in [7, 11) is 3.74. The standard InChI is InChI=1S/C27H35FN6O2/c1-16-19(24(32-33(16)6)26(35)27(2,3)4)11-12-36-25-20(8-9-21(28)23(25)29)17-7-10-22-31-14-18(13-30-5)34(22)15-17/h7-10,14-15,26,30,35H,11-13,29H2,1-6H3. The van der Waals surface area contributed by atoms with Crippen molar-refractivity contribution in [2.24, 2.45) is 12.5 Å². The summed E-state index contributed by atoms with van der Waals surface area (Å²) >= 11 is 0. The highest BCUT2D eigenvalue weighted by Gasteiger charge is 2.30. The zero-order chi connectivity index (χ0) is 26.2. The van der Waals surface area contributed by atoms with Crippen molar-refractivity contribution in [3.05, 3.63) is 65.1 Å². The van der Waals surface area contributed by atoms with E-state index in [9.17, 15) is 9.50 Å². The van der Waals surface area contributed by atoms with E-state index in [0.29, 0.717) is 30.0 Å². The Labute approximate surface area is 210 Å². The van der Waals surface area contributed by atoms with E-state index in [2.05, 4.69) is 15.4 Å². The Morgan fingerprint density at radius 2 is 1.97 bits per heavy atom. The van der Waals surface area contributed by atoms with Crippen molar-refractivity contribution in [2.45, 2.75) is 46.8 Å². The molecule has 0 radical (unpaired) electrons. The number of rotatable bonds is 8. The lowest BCUT2D eigenvalue weighted by molar-refractivity contribution is 0.0575. The fraction of sp³-hybridized carbons (Fsp3) is 0.407. The van der Waals surface area contributed by atoms with Crippen LogP contribution in [-0.2, 0) is 20.0 Å². The number of benzene rings is 1. The quantitative estimate of drug-likeness (QED) is 0.318. The predicted octanol–water partition coefficient (Wildman–Crippen LogP) is 4.18. The van der Waals surface area contributed by atoms with Crippen LogP contribution in [0.5, 0.6) is 5.75 Å². The summed E-state index contributed by atoms with van der Waals surface area (Å²) in [5.41, 5.74) is 11.6. The van der Waals surface area contributed by atoms with E-state index < -0.39 is 11.9 Å². The highest BCUT2D eigenvalue weighted by molar-refractivity contribution is 5.78. The van der Waals surface area contributed by atoms with Gasteiger partial charge in [0.2, 0.25) is 0 Å². The molecule has 1 atom stereocenters. The molecule has 0 spiro atoms. The number of aliphatic hydroxyl groups is 1. The summed E-state index contributed by atoms with van der Waals surface area (Å²) < 4.78 is 24.4. The molecule has 0 saturated heterocycles. The molecule has 1 aromatic carbocycles. The van der Waals surface area contributed by atoms with Crippen molar-refractivity contribution in [2.75, 3.05) is 19.4 Å². The number of nitrogens with two attached hydrogens (primary N) is 1. The van der Waals surface area contributed by atoms with Crippen LogP contribution >= 0.6 is 0 Å². The first-order valence-electron chi connectivity index (χ1n) is 12.0. The third-order valence-electron chi connectivity index (χ3n) is 6.56. The minimum atomic E-state index is -0.726. The summed E-state index contributed by atoms with van der Waals surface area (Å²) in [4.78, 5) is 4.44. The second kappa shape index (κ2) is 9.91. The van der Waals surface area contributed by atoms with Gasteiger partial charge in [0.15, 0.2) is 5.75 Å². The molecule has 36 heavy (non-hydrogen) atoms. The molecule has 0 fully saturated rings. The van der Waals surface area contributed by atoms with E-state index in [1.807, 2.05) is 70.7 Å². The second-order valence-electron chi connectivity index (χ2n) is 10.2. The van der Waals surface area contributed by atoms with Crippen LogP contribution in [0, 0.1) is 18.2 Å². The number of ether oxygens (including phenoxy) is 1. The molecule has 0 bridgehead atoms. The van der Waals surface area contributed by atoms with Gasteiger partial charge in [0.25, 0.3) is 0 Å². The van der Waals surface area contributed by atoms with Gasteiger partial charge in [-0.2, -0.15) is 5.10 Å². The first-order valence-corrected chi connectivity index (χ1v) is 12.0. The average molecular weight is 495 g/mol. The van der Waals surface area contributed by atoms with E-state index in [1.165, 1.54) is 6.07 Å². The highest BCUT2D eigenvalue weighted by atomic mass is 19.1. The van der Waals surface area contributed by atoms with Crippen molar-refractivity contribution in [1.82, 2.24) is 24.5 Å². The number of aromatic nitrogens is 4. The fourth-order valence-electron chi connectivity index (χ4n) is 4.33. The number of aryl methyl sites for hydroxylation is 1. The number of nitrogen functional groups attached to an aromatic ring is 1. The first kappa shape index (κ1) is 25.7. The maximum absolute atomic E-state index is 14.5. The Morgan fingerprint density at radius 1 is 1.22 bits per heavy atom. The zero-order valence-corrected chi connectivity index (χ0v) is 21.8. The first-order chi connectivity index (χ1) is 17.0. The van der Waals surface area contributed by atoms with Crippen LogP contribution < -0.4 is 15.8 Å². The van der Waals surface area contributed by atoms with Gasteiger partial charge < -0.3 is 25.3 Å². The number of anilines is 1. The SMILES string of the molecule is CNCc1cnc2ccc(-c3ccc(F)c(N)c3OCCc3c(C(O)C(C)(C)C)nn(C)c3C)cn12. The van der Waals surface area contributed by atoms with Crippen molar-refractivity contribution < 1.29 is 14.2 Å². The van der Waals surface area contributed by atoms with Gasteiger partial charge in [-0.15, -0.1) is 0 Å². The molecule has 8 nitrogen and oxygen atoms in total. The number of nitrogens with zero attached hydrogens (tertiary/aromatic N) is 4. The average Bonchev–Trinajstić information content (AvgIpc) is 3.36. The molecule has 192 valence electrons. The third-order valence-corrected chi connectivity index (χ3v) is 6.56. The van der Waals surface area contributed by atoms with E-state index in [1.54, 1.807) is 10.7 Å². The van der Waals surface area contributed by atoms with Gasteiger partial charge in [0.1, 0.15) is 23.3 Å². The molecule has 0 saturated carbocycles. The van der Waals surface area contributed by atoms with Crippen LogP contribution in [0.3, 0.4) is 0 Å². The monoisotopic (exact) mass is 494 g/mol. The molecular weight excluding hydrogens is 459 g/mol. The van der Waals surface area contributed by atoms with Crippen molar-refractivity contribution >= 4 is 11.3 Å². The Hall–Kier alpha value is -3.43. The lowest BCUT2D eigenvalue weighted by atomic mass is 9.85. The van der Waals surface area contributed by atoms with Gasteiger partial charge in [0, 0.05) is 48.6 Å². The smallest absolute Gasteiger partial charge is 0.153 e. The Bertz CT molecular complexity index is 1390. The predicted molar refractivity (Wildman–Crippen MR) is 139 cm³/mol. The molecule has 0 aliphatic carbocycles. The van der Waals surface area contributed by atoms with Crippen molar-refractivity contribution in [3.63, 3.8) is 0 Å². The van der Waals surface area contributed by atoms with Crippen LogP contribution in [-0.4, -0.2) is 37.9 Å². The van der Waals surface area contributed by atoms with Gasteiger partial charge in [-0.1, -0.05) is 20.8 Å². The van der Waals surface area contributed by atoms with Gasteiger partial charge in [-0.05, 0) is 43.7 Å².